The van der Waals surface area contributed by atoms with Gasteiger partial charge in [-0.1, -0.05) is 29.8 Å². The molecule has 0 saturated heterocycles. The third kappa shape index (κ3) is 4.49. The van der Waals surface area contributed by atoms with E-state index >= 15 is 0 Å². The summed E-state index contributed by atoms with van der Waals surface area (Å²) in [5, 5.41) is 17.0. The summed E-state index contributed by atoms with van der Waals surface area (Å²) in [5.74, 6) is 0.715. The first-order valence-corrected chi connectivity index (χ1v) is 10.4. The topological polar surface area (TPSA) is 89.2 Å². The van der Waals surface area contributed by atoms with Gasteiger partial charge in [-0.15, -0.1) is 0 Å². The molecule has 32 heavy (non-hydrogen) atoms. The van der Waals surface area contributed by atoms with Crippen LogP contribution in [-0.2, 0) is 11.3 Å². The lowest BCUT2D eigenvalue weighted by Gasteiger charge is -2.18. The molecule has 0 unspecified atom stereocenters. The van der Waals surface area contributed by atoms with Crippen LogP contribution in [0.2, 0.25) is 0 Å². The highest BCUT2D eigenvalue weighted by molar-refractivity contribution is 6.09. The fraction of sp³-hybridized carbons (Fsp3) is 0.240. The van der Waals surface area contributed by atoms with Crippen LogP contribution in [0.15, 0.2) is 48.0 Å². The first kappa shape index (κ1) is 21.2. The van der Waals surface area contributed by atoms with E-state index in [-0.39, 0.29) is 5.57 Å². The zero-order valence-electron chi connectivity index (χ0n) is 18.3. The molecule has 4 rings (SSSR count). The Morgan fingerprint density at radius 2 is 1.84 bits per heavy atom. The van der Waals surface area contributed by atoms with Gasteiger partial charge in [0, 0.05) is 23.0 Å². The molecule has 0 fully saturated rings. The lowest BCUT2D eigenvalue weighted by atomic mass is 10.1. The molecule has 0 spiro atoms. The second-order valence-corrected chi connectivity index (χ2v) is 7.71. The number of nitrogens with zero attached hydrogens (tertiary/aromatic N) is 3. The maximum atomic E-state index is 12.8. The number of aromatic nitrogens is 2. The van der Waals surface area contributed by atoms with E-state index in [1.165, 1.54) is 5.56 Å². The molecule has 162 valence electrons. The molecule has 2 heterocycles. The number of carbonyl (C=O) groups is 1. The van der Waals surface area contributed by atoms with Crippen molar-refractivity contribution in [1.82, 2.24) is 9.78 Å². The van der Waals surface area contributed by atoms with Gasteiger partial charge in [0.25, 0.3) is 5.91 Å². The Kier molecular flexibility index (Phi) is 5.95. The number of ether oxygens (including phenoxy) is 2. The standard InChI is InChI=1S/C25H24N4O3/c1-16-4-6-19(7-5-16)15-29-18(3)22(17(2)28-29)12-20(14-26)25(30)27-21-8-9-23-24(13-21)32-11-10-31-23/h4-9,12-13H,10-11,15H2,1-3H3,(H,27,30)/b20-12+. The molecule has 0 atom stereocenters. The molecule has 7 heteroatoms. The van der Waals surface area contributed by atoms with Gasteiger partial charge in [0.15, 0.2) is 11.5 Å². The van der Waals surface area contributed by atoms with Crippen LogP contribution in [0.1, 0.15) is 28.1 Å². The van der Waals surface area contributed by atoms with Gasteiger partial charge in [-0.2, -0.15) is 10.4 Å². The van der Waals surface area contributed by atoms with Gasteiger partial charge in [0.1, 0.15) is 24.9 Å². The zero-order valence-corrected chi connectivity index (χ0v) is 18.3. The van der Waals surface area contributed by atoms with Crippen molar-refractivity contribution in [3.05, 3.63) is 76.1 Å². The van der Waals surface area contributed by atoms with E-state index in [9.17, 15) is 10.1 Å². The van der Waals surface area contributed by atoms with Crippen molar-refractivity contribution in [2.24, 2.45) is 0 Å². The number of nitrogens with one attached hydrogen (secondary N) is 1. The minimum atomic E-state index is -0.491. The van der Waals surface area contributed by atoms with Crippen LogP contribution in [-0.4, -0.2) is 28.9 Å². The first-order chi connectivity index (χ1) is 15.4. The van der Waals surface area contributed by atoms with Crippen LogP contribution in [0.5, 0.6) is 11.5 Å². The van der Waals surface area contributed by atoms with E-state index < -0.39 is 5.91 Å². The highest BCUT2D eigenvalue weighted by atomic mass is 16.6. The first-order valence-electron chi connectivity index (χ1n) is 10.4. The number of benzene rings is 2. The van der Waals surface area contributed by atoms with Crippen LogP contribution in [0.3, 0.4) is 0 Å². The Morgan fingerprint density at radius 3 is 2.56 bits per heavy atom. The molecule has 1 aliphatic heterocycles. The minimum Gasteiger partial charge on any atom is -0.486 e. The largest absolute Gasteiger partial charge is 0.486 e. The Bertz CT molecular complexity index is 1230. The average molecular weight is 428 g/mol. The van der Waals surface area contributed by atoms with Gasteiger partial charge in [-0.3, -0.25) is 9.48 Å². The maximum Gasteiger partial charge on any atom is 0.266 e. The molecule has 1 aliphatic rings. The maximum absolute atomic E-state index is 12.8. The summed E-state index contributed by atoms with van der Waals surface area (Å²) >= 11 is 0. The van der Waals surface area contributed by atoms with E-state index in [1.807, 2.05) is 24.6 Å². The molecule has 3 aromatic rings. The fourth-order valence-corrected chi connectivity index (χ4v) is 3.55. The van der Waals surface area contributed by atoms with Gasteiger partial charge in [0.05, 0.1) is 12.2 Å². The summed E-state index contributed by atoms with van der Waals surface area (Å²) in [7, 11) is 0. The van der Waals surface area contributed by atoms with Crippen LogP contribution < -0.4 is 14.8 Å². The van der Waals surface area contributed by atoms with Crippen molar-refractivity contribution in [1.29, 1.82) is 5.26 Å². The lowest BCUT2D eigenvalue weighted by molar-refractivity contribution is -0.112. The summed E-state index contributed by atoms with van der Waals surface area (Å²) in [6.07, 6.45) is 1.59. The number of hydrogen-bond acceptors (Lipinski definition) is 5. The quantitative estimate of drug-likeness (QED) is 0.487. The third-order valence-electron chi connectivity index (χ3n) is 5.34. The number of rotatable bonds is 5. The molecule has 0 aliphatic carbocycles. The fourth-order valence-electron chi connectivity index (χ4n) is 3.55. The second kappa shape index (κ2) is 8.98. The lowest BCUT2D eigenvalue weighted by Crippen LogP contribution is -2.17. The molecule has 2 aromatic carbocycles. The van der Waals surface area contributed by atoms with Crippen molar-refractivity contribution in [3.8, 4) is 17.6 Å². The molecule has 7 nitrogen and oxygen atoms in total. The van der Waals surface area contributed by atoms with Gasteiger partial charge >= 0.3 is 0 Å². The van der Waals surface area contributed by atoms with E-state index in [4.69, 9.17) is 9.47 Å². The van der Waals surface area contributed by atoms with E-state index in [0.717, 1.165) is 22.5 Å². The molecule has 1 aromatic heterocycles. The highest BCUT2D eigenvalue weighted by Gasteiger charge is 2.17. The van der Waals surface area contributed by atoms with Crippen LogP contribution in [0.25, 0.3) is 6.08 Å². The Hall–Kier alpha value is -4.05. The van der Waals surface area contributed by atoms with Crippen LogP contribution in [0.4, 0.5) is 5.69 Å². The van der Waals surface area contributed by atoms with Crippen molar-refractivity contribution in [2.75, 3.05) is 18.5 Å². The molecular weight excluding hydrogens is 404 g/mol. The summed E-state index contributed by atoms with van der Waals surface area (Å²) < 4.78 is 12.9. The summed E-state index contributed by atoms with van der Waals surface area (Å²) in [4.78, 5) is 12.8. The minimum absolute atomic E-state index is 0.000903. The number of anilines is 1. The number of nitriles is 1. The number of hydrogen-bond donors (Lipinski definition) is 1. The Labute approximate surface area is 186 Å². The molecule has 1 N–H and O–H groups in total. The predicted octanol–water partition coefficient (Wildman–Crippen LogP) is 4.17. The van der Waals surface area contributed by atoms with Gasteiger partial charge in [-0.25, -0.2) is 0 Å². The zero-order chi connectivity index (χ0) is 22.7. The predicted molar refractivity (Wildman–Crippen MR) is 122 cm³/mol. The SMILES string of the molecule is Cc1ccc(Cn2nc(C)c(/C=C(\C#N)C(=O)Nc3ccc4c(c3)OCCO4)c2C)cc1. The van der Waals surface area contributed by atoms with Crippen LogP contribution in [0, 0.1) is 32.1 Å². The molecule has 0 radical (unpaired) electrons. The third-order valence-corrected chi connectivity index (χ3v) is 5.34. The van der Waals surface area contributed by atoms with Crippen LogP contribution >= 0.6 is 0 Å². The second-order valence-electron chi connectivity index (χ2n) is 7.71. The van der Waals surface area contributed by atoms with E-state index in [0.29, 0.717) is 36.9 Å². The number of aryl methyl sites for hydroxylation is 2. The number of carbonyl (C=O) groups excluding carboxylic acids is 1. The molecule has 0 bridgehead atoms. The molecular formula is C25H24N4O3. The van der Waals surface area contributed by atoms with Crippen molar-refractivity contribution in [3.63, 3.8) is 0 Å². The van der Waals surface area contributed by atoms with Gasteiger partial charge in [-0.05, 0) is 44.5 Å². The normalized spacial score (nSPS) is 12.9. The Balaban J connectivity index is 1.55. The summed E-state index contributed by atoms with van der Waals surface area (Å²) in [6, 6.07) is 15.4. The van der Waals surface area contributed by atoms with Crippen molar-refractivity contribution in [2.45, 2.75) is 27.3 Å². The monoisotopic (exact) mass is 428 g/mol. The van der Waals surface area contributed by atoms with E-state index in [1.54, 1.807) is 24.3 Å². The van der Waals surface area contributed by atoms with Gasteiger partial charge < -0.3 is 14.8 Å². The summed E-state index contributed by atoms with van der Waals surface area (Å²) in [5.41, 5.74) is 5.29. The molecule has 0 saturated carbocycles. The van der Waals surface area contributed by atoms with E-state index in [2.05, 4.69) is 41.6 Å². The number of amides is 1. The highest BCUT2D eigenvalue weighted by Crippen LogP contribution is 2.32. The number of fused-ring (bicyclic) bond motifs is 1. The molecule has 1 amide bonds. The average Bonchev–Trinajstić information content (AvgIpc) is 3.05. The smallest absolute Gasteiger partial charge is 0.266 e. The van der Waals surface area contributed by atoms with Crippen molar-refractivity contribution >= 4 is 17.7 Å². The summed E-state index contributed by atoms with van der Waals surface area (Å²) in [6.45, 7) is 7.43. The van der Waals surface area contributed by atoms with Crippen molar-refractivity contribution < 1.29 is 14.3 Å². The Morgan fingerprint density at radius 1 is 1.12 bits per heavy atom. The van der Waals surface area contributed by atoms with Gasteiger partial charge in [0.2, 0.25) is 0 Å².